The monoisotopic (exact) mass is 350 g/mol. The maximum atomic E-state index is 13.0. The summed E-state index contributed by atoms with van der Waals surface area (Å²) in [7, 11) is 0. The standard InChI is InChI=1S/C13H11ClF4N4O/c14-8-5-7(15)1-2-9(8)20-11-6-10(13(16,17)18)21-12(22-11)19-3-4-23/h1-2,5-6,23H,3-4H2,(H2,19,20,21,22). The lowest BCUT2D eigenvalue weighted by Gasteiger charge is -2.13. The molecule has 3 N–H and O–H groups in total. The van der Waals surface area contributed by atoms with Crippen LogP contribution in [0.25, 0.3) is 0 Å². The number of anilines is 3. The van der Waals surface area contributed by atoms with Crippen molar-refractivity contribution >= 4 is 29.1 Å². The molecule has 2 aromatic rings. The van der Waals surface area contributed by atoms with E-state index in [1.165, 1.54) is 6.07 Å². The lowest BCUT2D eigenvalue weighted by atomic mass is 10.3. The van der Waals surface area contributed by atoms with Gasteiger partial charge in [-0.15, -0.1) is 0 Å². The van der Waals surface area contributed by atoms with E-state index < -0.39 is 17.7 Å². The molecule has 23 heavy (non-hydrogen) atoms. The quantitative estimate of drug-likeness (QED) is 0.721. The van der Waals surface area contributed by atoms with Crippen molar-refractivity contribution in [3.05, 3.63) is 40.8 Å². The SMILES string of the molecule is OCCNc1nc(Nc2ccc(F)cc2Cl)cc(C(F)(F)F)n1. The third-order valence-corrected chi connectivity index (χ3v) is 2.92. The summed E-state index contributed by atoms with van der Waals surface area (Å²) in [5.41, 5.74) is -0.985. The van der Waals surface area contributed by atoms with Crippen molar-refractivity contribution in [2.45, 2.75) is 6.18 Å². The van der Waals surface area contributed by atoms with Crippen molar-refractivity contribution < 1.29 is 22.7 Å². The number of rotatable bonds is 5. The molecule has 0 aliphatic carbocycles. The first kappa shape index (κ1) is 17.2. The van der Waals surface area contributed by atoms with Gasteiger partial charge in [0.2, 0.25) is 5.95 Å². The van der Waals surface area contributed by atoms with Crippen LogP contribution in [0.4, 0.5) is 35.0 Å². The topological polar surface area (TPSA) is 70.1 Å². The molecule has 0 unspecified atom stereocenters. The number of aliphatic hydroxyl groups excluding tert-OH is 1. The lowest BCUT2D eigenvalue weighted by Crippen LogP contribution is -2.15. The minimum absolute atomic E-state index is 0.0120. The molecule has 1 aromatic heterocycles. The molecule has 0 spiro atoms. The van der Waals surface area contributed by atoms with Gasteiger partial charge >= 0.3 is 6.18 Å². The number of nitrogens with one attached hydrogen (secondary N) is 2. The molecule has 0 aliphatic heterocycles. The fourth-order valence-electron chi connectivity index (χ4n) is 1.63. The predicted octanol–water partition coefficient (Wildman–Crippen LogP) is 3.44. The summed E-state index contributed by atoms with van der Waals surface area (Å²) in [6.07, 6.45) is -4.68. The fourth-order valence-corrected chi connectivity index (χ4v) is 1.85. The van der Waals surface area contributed by atoms with E-state index in [-0.39, 0.29) is 35.6 Å². The van der Waals surface area contributed by atoms with Crippen molar-refractivity contribution in [3.8, 4) is 0 Å². The zero-order chi connectivity index (χ0) is 17.0. The van der Waals surface area contributed by atoms with Crippen molar-refractivity contribution in [2.75, 3.05) is 23.8 Å². The van der Waals surface area contributed by atoms with E-state index in [1.54, 1.807) is 0 Å². The Bertz CT molecular complexity index is 696. The first-order chi connectivity index (χ1) is 10.8. The van der Waals surface area contributed by atoms with Gasteiger partial charge in [-0.1, -0.05) is 11.6 Å². The van der Waals surface area contributed by atoms with E-state index in [9.17, 15) is 17.6 Å². The molecule has 1 heterocycles. The Morgan fingerprint density at radius 3 is 2.52 bits per heavy atom. The van der Waals surface area contributed by atoms with Gasteiger partial charge in [0.05, 0.1) is 17.3 Å². The second-order valence-corrected chi connectivity index (χ2v) is 4.77. The maximum Gasteiger partial charge on any atom is 0.433 e. The highest BCUT2D eigenvalue weighted by atomic mass is 35.5. The number of aliphatic hydroxyl groups is 1. The van der Waals surface area contributed by atoms with Crippen LogP contribution < -0.4 is 10.6 Å². The van der Waals surface area contributed by atoms with E-state index in [0.29, 0.717) is 6.07 Å². The van der Waals surface area contributed by atoms with Gasteiger partial charge in [-0.2, -0.15) is 18.2 Å². The van der Waals surface area contributed by atoms with Crippen LogP contribution >= 0.6 is 11.6 Å². The fraction of sp³-hybridized carbons (Fsp3) is 0.231. The van der Waals surface area contributed by atoms with Crippen LogP contribution in [0.5, 0.6) is 0 Å². The number of aromatic nitrogens is 2. The Balaban J connectivity index is 2.36. The minimum atomic E-state index is -4.68. The van der Waals surface area contributed by atoms with E-state index >= 15 is 0 Å². The van der Waals surface area contributed by atoms with Gasteiger partial charge in [0.25, 0.3) is 0 Å². The average molecular weight is 351 g/mol. The predicted molar refractivity (Wildman–Crippen MR) is 77.3 cm³/mol. The van der Waals surface area contributed by atoms with Crippen LogP contribution in [0.15, 0.2) is 24.3 Å². The van der Waals surface area contributed by atoms with Crippen LogP contribution in [0.3, 0.4) is 0 Å². The van der Waals surface area contributed by atoms with Gasteiger partial charge in [0.1, 0.15) is 11.6 Å². The summed E-state index contributed by atoms with van der Waals surface area (Å²) < 4.78 is 51.6. The van der Waals surface area contributed by atoms with Crippen molar-refractivity contribution in [1.29, 1.82) is 0 Å². The van der Waals surface area contributed by atoms with Crippen molar-refractivity contribution in [1.82, 2.24) is 9.97 Å². The second-order valence-electron chi connectivity index (χ2n) is 4.36. The molecular weight excluding hydrogens is 340 g/mol. The third kappa shape index (κ3) is 4.67. The summed E-state index contributed by atoms with van der Waals surface area (Å²) in [5, 5.41) is 13.7. The summed E-state index contributed by atoms with van der Waals surface area (Å²) in [6.45, 7) is -0.315. The van der Waals surface area contributed by atoms with Crippen molar-refractivity contribution in [3.63, 3.8) is 0 Å². The van der Waals surface area contributed by atoms with E-state index in [1.807, 2.05) is 0 Å². The van der Waals surface area contributed by atoms with E-state index in [2.05, 4.69) is 20.6 Å². The summed E-state index contributed by atoms with van der Waals surface area (Å²) in [6, 6.07) is 4.09. The highest BCUT2D eigenvalue weighted by Gasteiger charge is 2.33. The third-order valence-electron chi connectivity index (χ3n) is 2.61. The minimum Gasteiger partial charge on any atom is -0.395 e. The summed E-state index contributed by atoms with van der Waals surface area (Å²) in [4.78, 5) is 7.18. The zero-order valence-electron chi connectivity index (χ0n) is 11.5. The van der Waals surface area contributed by atoms with Crippen LogP contribution in [0, 0.1) is 5.82 Å². The second kappa shape index (κ2) is 6.97. The van der Waals surface area contributed by atoms with E-state index in [4.69, 9.17) is 16.7 Å². The van der Waals surface area contributed by atoms with Crippen molar-refractivity contribution in [2.24, 2.45) is 0 Å². The van der Waals surface area contributed by atoms with Gasteiger partial charge in [0.15, 0.2) is 5.69 Å². The largest absolute Gasteiger partial charge is 0.433 e. The number of alkyl halides is 3. The molecule has 0 radical (unpaired) electrons. The maximum absolute atomic E-state index is 13.0. The molecule has 0 atom stereocenters. The molecule has 1 aromatic carbocycles. The Morgan fingerprint density at radius 2 is 1.91 bits per heavy atom. The first-order valence-corrected chi connectivity index (χ1v) is 6.70. The molecule has 2 rings (SSSR count). The van der Waals surface area contributed by atoms with E-state index in [0.717, 1.165) is 12.1 Å². The Hall–Kier alpha value is -2.13. The summed E-state index contributed by atoms with van der Waals surface area (Å²) in [5.74, 6) is -1.07. The van der Waals surface area contributed by atoms with Gasteiger partial charge in [-0.3, -0.25) is 0 Å². The molecule has 10 heteroatoms. The molecule has 5 nitrogen and oxygen atoms in total. The number of nitrogens with zero attached hydrogens (tertiary/aromatic N) is 2. The van der Waals surface area contributed by atoms with Gasteiger partial charge in [-0.25, -0.2) is 9.37 Å². The summed E-state index contributed by atoms with van der Waals surface area (Å²) >= 11 is 5.82. The Kier molecular flexibility index (Phi) is 5.22. The smallest absolute Gasteiger partial charge is 0.395 e. The Labute approximate surface area is 133 Å². The molecule has 124 valence electrons. The van der Waals surface area contributed by atoms with Crippen LogP contribution in [0.1, 0.15) is 5.69 Å². The number of hydrogen-bond donors (Lipinski definition) is 3. The van der Waals surface area contributed by atoms with Gasteiger partial charge in [-0.05, 0) is 18.2 Å². The molecule has 0 saturated carbocycles. The number of benzene rings is 1. The number of halogens is 5. The molecular formula is C13H11ClF4N4O. The first-order valence-electron chi connectivity index (χ1n) is 6.32. The zero-order valence-corrected chi connectivity index (χ0v) is 12.2. The van der Waals surface area contributed by atoms with Gasteiger partial charge < -0.3 is 15.7 Å². The lowest BCUT2D eigenvalue weighted by molar-refractivity contribution is -0.141. The normalized spacial score (nSPS) is 11.4. The highest BCUT2D eigenvalue weighted by molar-refractivity contribution is 6.33. The Morgan fingerprint density at radius 1 is 1.17 bits per heavy atom. The highest BCUT2D eigenvalue weighted by Crippen LogP contribution is 2.31. The van der Waals surface area contributed by atoms with Crippen LogP contribution in [0.2, 0.25) is 5.02 Å². The van der Waals surface area contributed by atoms with Crippen LogP contribution in [-0.2, 0) is 6.18 Å². The number of hydrogen-bond acceptors (Lipinski definition) is 5. The molecule has 0 saturated heterocycles. The molecule has 0 bridgehead atoms. The van der Waals surface area contributed by atoms with Crippen LogP contribution in [-0.4, -0.2) is 28.2 Å². The molecule has 0 aliphatic rings. The average Bonchev–Trinajstić information content (AvgIpc) is 2.47. The van der Waals surface area contributed by atoms with Gasteiger partial charge in [0, 0.05) is 12.6 Å². The molecule has 0 amide bonds. The molecule has 0 fully saturated rings.